The first-order chi connectivity index (χ1) is 15.7. The molecule has 0 bridgehead atoms. The normalized spacial score (nSPS) is 22.5. The number of rotatable bonds is 5. The van der Waals surface area contributed by atoms with Crippen molar-refractivity contribution in [1.29, 1.82) is 0 Å². The first kappa shape index (κ1) is 25.1. The van der Waals surface area contributed by atoms with Crippen LogP contribution in [0.5, 0.6) is 5.88 Å². The fraction of sp³-hybridized carbons (Fsp3) is 0.348. The summed E-state index contributed by atoms with van der Waals surface area (Å²) in [5, 5.41) is 0. The third-order valence-corrected chi connectivity index (χ3v) is 8.65. The van der Waals surface area contributed by atoms with Crippen molar-refractivity contribution in [3.63, 3.8) is 0 Å². The molecular formula is C23H25F2N5O3S. The molecule has 2 atom stereocenters. The molecule has 180 valence electrons. The number of halogens is 2. The largest absolute Gasteiger partial charge is 0.460 e. The highest BCUT2D eigenvalue weighted by molar-refractivity contribution is 7.91. The molecule has 0 radical (unpaired) electrons. The van der Waals surface area contributed by atoms with Crippen LogP contribution in [0.1, 0.15) is 44.5 Å². The van der Waals surface area contributed by atoms with Crippen LogP contribution in [-0.4, -0.2) is 46.5 Å². The van der Waals surface area contributed by atoms with Crippen LogP contribution in [0.25, 0.3) is 11.9 Å². The van der Waals surface area contributed by atoms with Gasteiger partial charge in [0.1, 0.15) is 21.8 Å². The summed E-state index contributed by atoms with van der Waals surface area (Å²) >= 11 is 0. The van der Waals surface area contributed by atoms with Crippen LogP contribution >= 0.6 is 0 Å². The fourth-order valence-electron chi connectivity index (χ4n) is 3.48. The second kappa shape index (κ2) is 8.68. The second-order valence-electron chi connectivity index (χ2n) is 8.42. The van der Waals surface area contributed by atoms with Gasteiger partial charge in [0, 0.05) is 12.6 Å². The maximum atomic E-state index is 15.0. The Morgan fingerprint density at radius 1 is 1.29 bits per heavy atom. The number of ether oxygens (including phenoxy) is 1. The molecular weight excluding hydrogens is 464 g/mol. The molecule has 11 heteroatoms. The fourth-order valence-corrected chi connectivity index (χ4v) is 5.11. The molecule has 34 heavy (non-hydrogen) atoms. The van der Waals surface area contributed by atoms with Crippen molar-refractivity contribution >= 4 is 27.9 Å². The molecule has 0 saturated carbocycles. The van der Waals surface area contributed by atoms with E-state index in [1.165, 1.54) is 52.3 Å². The first-order valence-corrected chi connectivity index (χ1v) is 11.6. The number of sulfonamides is 1. The average molecular weight is 490 g/mol. The Morgan fingerprint density at radius 3 is 2.56 bits per heavy atom. The molecule has 2 N–H and O–H groups in total. The zero-order valence-electron chi connectivity index (χ0n) is 19.4. The molecule has 1 aliphatic rings. The molecule has 1 aromatic heterocycles. The van der Waals surface area contributed by atoms with Gasteiger partial charge in [0.2, 0.25) is 21.9 Å². The SMILES string of the molecule is C#CC(C)Oc1cnc(/C(F)=C/c2ccc(F)c([C@@]3(C)N=C(N)N(C)S(=O)(=O)C3(C)C)c2)cn1. The Hall–Kier alpha value is -3.52. The highest BCUT2D eigenvalue weighted by atomic mass is 32.2. The summed E-state index contributed by atoms with van der Waals surface area (Å²) in [6.45, 7) is 6.01. The summed E-state index contributed by atoms with van der Waals surface area (Å²) in [5.41, 5.74) is 4.40. The van der Waals surface area contributed by atoms with Crippen molar-refractivity contribution in [1.82, 2.24) is 14.3 Å². The molecule has 1 unspecified atom stereocenters. The van der Waals surface area contributed by atoms with Gasteiger partial charge >= 0.3 is 0 Å². The highest BCUT2D eigenvalue weighted by Gasteiger charge is 2.57. The van der Waals surface area contributed by atoms with Crippen molar-refractivity contribution in [2.45, 2.75) is 44.1 Å². The predicted octanol–water partition coefficient (Wildman–Crippen LogP) is 3.07. The van der Waals surface area contributed by atoms with Crippen LogP contribution in [0.15, 0.2) is 35.6 Å². The van der Waals surface area contributed by atoms with Crippen molar-refractivity contribution in [2.24, 2.45) is 10.7 Å². The minimum Gasteiger partial charge on any atom is -0.460 e. The van der Waals surface area contributed by atoms with Gasteiger partial charge in [-0.2, -0.15) is 0 Å². The van der Waals surface area contributed by atoms with E-state index >= 15 is 0 Å². The van der Waals surface area contributed by atoms with Crippen molar-refractivity contribution in [3.05, 3.63) is 53.2 Å². The van der Waals surface area contributed by atoms with Crippen molar-refractivity contribution < 1.29 is 21.9 Å². The van der Waals surface area contributed by atoms with Crippen molar-refractivity contribution in [3.8, 4) is 18.2 Å². The standard InChI is InChI=1S/C23H25F2N5O3S/c1-7-14(2)33-20-13-27-19(12-28-20)18(25)11-15-8-9-17(24)16(10-15)23(5)22(3,4)34(31,32)30(6)21(26)29-23/h1,8-14H,2-6H3,(H2,26,29)/b18-11-/t14?,23-/m1/s1. The maximum Gasteiger partial charge on any atom is 0.245 e. The summed E-state index contributed by atoms with van der Waals surface area (Å²) in [6.07, 6.45) is 8.26. The number of hydrogen-bond acceptors (Lipinski definition) is 7. The van der Waals surface area contributed by atoms with E-state index in [0.29, 0.717) is 0 Å². The smallest absolute Gasteiger partial charge is 0.245 e. The van der Waals surface area contributed by atoms with Gasteiger partial charge in [-0.05, 0) is 51.5 Å². The minimum atomic E-state index is -3.98. The lowest BCUT2D eigenvalue weighted by atomic mass is 9.80. The number of nitrogens with two attached hydrogens (primary N) is 1. The van der Waals surface area contributed by atoms with Crippen LogP contribution in [-0.2, 0) is 15.6 Å². The summed E-state index contributed by atoms with van der Waals surface area (Å²) in [7, 11) is -2.69. The van der Waals surface area contributed by atoms with E-state index in [4.69, 9.17) is 16.9 Å². The third kappa shape index (κ3) is 4.09. The lowest BCUT2D eigenvalue weighted by Crippen LogP contribution is -2.62. The van der Waals surface area contributed by atoms with Crippen LogP contribution in [0, 0.1) is 18.2 Å². The van der Waals surface area contributed by atoms with E-state index in [1.54, 1.807) is 6.92 Å². The van der Waals surface area contributed by atoms with E-state index in [-0.39, 0.29) is 28.7 Å². The van der Waals surface area contributed by atoms with E-state index in [0.717, 1.165) is 16.4 Å². The lowest BCUT2D eigenvalue weighted by Gasteiger charge is -2.46. The Bertz CT molecular complexity index is 1320. The number of aliphatic imine (C=N–C) groups is 1. The van der Waals surface area contributed by atoms with E-state index < -0.39 is 38.1 Å². The van der Waals surface area contributed by atoms with Gasteiger partial charge in [0.15, 0.2) is 11.9 Å². The zero-order chi connectivity index (χ0) is 25.5. The van der Waals surface area contributed by atoms with Crippen LogP contribution in [0.2, 0.25) is 0 Å². The molecule has 0 fully saturated rings. The Morgan fingerprint density at radius 2 is 1.97 bits per heavy atom. The Labute approximate surface area is 197 Å². The highest BCUT2D eigenvalue weighted by Crippen LogP contribution is 2.46. The molecule has 3 rings (SSSR count). The number of terminal acetylenes is 1. The van der Waals surface area contributed by atoms with Gasteiger partial charge < -0.3 is 10.5 Å². The van der Waals surface area contributed by atoms with Gasteiger partial charge in [0.05, 0.1) is 12.4 Å². The van der Waals surface area contributed by atoms with Gasteiger partial charge in [-0.1, -0.05) is 12.0 Å². The molecule has 2 aromatic rings. The van der Waals surface area contributed by atoms with Gasteiger partial charge in [-0.15, -0.1) is 6.42 Å². The monoisotopic (exact) mass is 489 g/mol. The van der Waals surface area contributed by atoms with Crippen molar-refractivity contribution in [2.75, 3.05) is 7.05 Å². The molecule has 0 aliphatic carbocycles. The van der Waals surface area contributed by atoms with Gasteiger partial charge in [-0.25, -0.2) is 36.5 Å². The summed E-state index contributed by atoms with van der Waals surface area (Å²) in [5.74, 6) is 0.796. The van der Waals surface area contributed by atoms with Crippen LogP contribution in [0.3, 0.4) is 0 Å². The molecule has 8 nitrogen and oxygen atoms in total. The lowest BCUT2D eigenvalue weighted by molar-refractivity contribution is 0.266. The number of guanidine groups is 1. The summed E-state index contributed by atoms with van der Waals surface area (Å²) in [4.78, 5) is 12.3. The number of nitrogens with zero attached hydrogens (tertiary/aromatic N) is 4. The Balaban J connectivity index is 2.03. The topological polar surface area (TPSA) is 111 Å². The molecule has 1 aliphatic heterocycles. The van der Waals surface area contributed by atoms with Crippen LogP contribution in [0.4, 0.5) is 8.78 Å². The maximum absolute atomic E-state index is 15.0. The summed E-state index contributed by atoms with van der Waals surface area (Å²) in [6, 6.07) is 3.81. The number of aromatic nitrogens is 2. The first-order valence-electron chi connectivity index (χ1n) is 10.2. The van der Waals surface area contributed by atoms with Crippen LogP contribution < -0.4 is 10.5 Å². The molecule has 0 amide bonds. The number of hydrogen-bond donors (Lipinski definition) is 1. The van der Waals surface area contributed by atoms with Gasteiger partial charge in [-0.3, -0.25) is 0 Å². The third-order valence-electron chi connectivity index (χ3n) is 6.05. The quantitative estimate of drug-likeness (QED) is 0.647. The zero-order valence-corrected chi connectivity index (χ0v) is 20.2. The van der Waals surface area contributed by atoms with E-state index in [2.05, 4.69) is 20.9 Å². The van der Waals surface area contributed by atoms with Gasteiger partial charge in [0.25, 0.3) is 0 Å². The predicted molar refractivity (Wildman–Crippen MR) is 126 cm³/mol. The Kier molecular flexibility index (Phi) is 6.41. The van der Waals surface area contributed by atoms with E-state index in [1.807, 2.05) is 0 Å². The van der Waals surface area contributed by atoms with E-state index in [9.17, 15) is 17.2 Å². The second-order valence-corrected chi connectivity index (χ2v) is 10.9. The molecule has 1 aromatic carbocycles. The number of benzene rings is 1. The summed E-state index contributed by atoms with van der Waals surface area (Å²) < 4.78 is 60.6. The average Bonchev–Trinajstić information content (AvgIpc) is 2.78. The molecule has 0 spiro atoms. The molecule has 0 saturated heterocycles. The minimum absolute atomic E-state index is 0.0446. The molecule has 2 heterocycles.